The van der Waals surface area contributed by atoms with Crippen molar-refractivity contribution >= 4 is 0 Å². The minimum absolute atomic E-state index is 0.121. The number of aliphatic hydroxyl groups is 1. The van der Waals surface area contributed by atoms with Gasteiger partial charge >= 0.3 is 0 Å². The zero-order chi connectivity index (χ0) is 16.5. The van der Waals surface area contributed by atoms with E-state index in [2.05, 4.69) is 18.7 Å². The zero-order valence-electron chi connectivity index (χ0n) is 14.3. The molecule has 0 saturated heterocycles. The van der Waals surface area contributed by atoms with Gasteiger partial charge in [0.1, 0.15) is 5.82 Å². The van der Waals surface area contributed by atoms with E-state index in [0.29, 0.717) is 25.6 Å². The second-order valence-corrected chi connectivity index (χ2v) is 6.58. The molecule has 1 rings (SSSR count). The number of ether oxygens (including phenoxy) is 1. The molecule has 0 saturated carbocycles. The van der Waals surface area contributed by atoms with Crippen LogP contribution in [-0.4, -0.2) is 41.9 Å². The van der Waals surface area contributed by atoms with Crippen LogP contribution in [0.4, 0.5) is 4.39 Å². The van der Waals surface area contributed by atoms with Crippen molar-refractivity contribution in [3.05, 3.63) is 35.6 Å². The van der Waals surface area contributed by atoms with E-state index in [1.807, 2.05) is 13.8 Å². The highest BCUT2D eigenvalue weighted by Gasteiger charge is 2.14. The van der Waals surface area contributed by atoms with E-state index in [4.69, 9.17) is 4.74 Å². The highest BCUT2D eigenvalue weighted by atomic mass is 19.1. The molecule has 0 aliphatic carbocycles. The summed E-state index contributed by atoms with van der Waals surface area (Å²) in [6, 6.07) is 6.56. The molecule has 0 heterocycles. The van der Waals surface area contributed by atoms with Gasteiger partial charge in [-0.1, -0.05) is 26.0 Å². The van der Waals surface area contributed by atoms with E-state index in [1.165, 1.54) is 12.1 Å². The van der Waals surface area contributed by atoms with Crippen LogP contribution in [0.25, 0.3) is 0 Å². The largest absolute Gasteiger partial charge is 0.389 e. The van der Waals surface area contributed by atoms with Gasteiger partial charge in [0.05, 0.1) is 18.8 Å². The lowest BCUT2D eigenvalue weighted by Crippen LogP contribution is -2.36. The van der Waals surface area contributed by atoms with E-state index in [1.54, 1.807) is 12.1 Å². The molecule has 4 heteroatoms. The van der Waals surface area contributed by atoms with Crippen LogP contribution in [0.5, 0.6) is 0 Å². The fourth-order valence-corrected chi connectivity index (χ4v) is 2.18. The van der Waals surface area contributed by atoms with Crippen molar-refractivity contribution in [1.82, 2.24) is 4.90 Å². The first-order valence-electron chi connectivity index (χ1n) is 8.13. The second kappa shape index (κ2) is 9.93. The summed E-state index contributed by atoms with van der Waals surface area (Å²) in [5, 5.41) is 10.1. The quantitative estimate of drug-likeness (QED) is 0.718. The Labute approximate surface area is 134 Å². The van der Waals surface area contributed by atoms with E-state index in [-0.39, 0.29) is 11.9 Å². The van der Waals surface area contributed by atoms with Crippen LogP contribution in [0.15, 0.2) is 24.3 Å². The third-order valence-corrected chi connectivity index (χ3v) is 3.43. The molecule has 126 valence electrons. The zero-order valence-corrected chi connectivity index (χ0v) is 14.3. The molecule has 0 fully saturated rings. The Morgan fingerprint density at radius 3 is 2.32 bits per heavy atom. The van der Waals surface area contributed by atoms with Crippen molar-refractivity contribution in [3.63, 3.8) is 0 Å². The van der Waals surface area contributed by atoms with Gasteiger partial charge in [-0.2, -0.15) is 0 Å². The molecule has 1 atom stereocenters. The SMILES string of the molecule is CC(C)CCN(Cc1ccc(F)cc1)C[C@@H](O)COC(C)C. The maximum absolute atomic E-state index is 13.0. The molecule has 0 aromatic heterocycles. The van der Waals surface area contributed by atoms with E-state index in [0.717, 1.165) is 18.5 Å². The molecule has 0 amide bonds. The molecule has 1 aromatic rings. The number of nitrogens with zero attached hydrogens (tertiary/aromatic N) is 1. The Morgan fingerprint density at radius 1 is 1.14 bits per heavy atom. The van der Waals surface area contributed by atoms with Crippen molar-refractivity contribution in [1.29, 1.82) is 0 Å². The maximum Gasteiger partial charge on any atom is 0.123 e. The Balaban J connectivity index is 2.56. The highest BCUT2D eigenvalue weighted by Crippen LogP contribution is 2.10. The summed E-state index contributed by atoms with van der Waals surface area (Å²) >= 11 is 0. The van der Waals surface area contributed by atoms with Crippen molar-refractivity contribution in [2.75, 3.05) is 19.7 Å². The first kappa shape index (κ1) is 19.1. The minimum atomic E-state index is -0.505. The monoisotopic (exact) mass is 311 g/mol. The van der Waals surface area contributed by atoms with Crippen LogP contribution in [0, 0.1) is 11.7 Å². The summed E-state index contributed by atoms with van der Waals surface area (Å²) in [5.74, 6) is 0.391. The summed E-state index contributed by atoms with van der Waals surface area (Å²) < 4.78 is 18.5. The molecule has 0 bridgehead atoms. The number of aliphatic hydroxyl groups excluding tert-OH is 1. The van der Waals surface area contributed by atoms with Crippen molar-refractivity contribution in [2.24, 2.45) is 5.92 Å². The molecule has 0 aliphatic heterocycles. The number of benzene rings is 1. The van der Waals surface area contributed by atoms with Gasteiger partial charge < -0.3 is 9.84 Å². The van der Waals surface area contributed by atoms with Crippen molar-refractivity contribution in [2.45, 2.75) is 52.9 Å². The van der Waals surface area contributed by atoms with E-state index in [9.17, 15) is 9.50 Å². The first-order valence-corrected chi connectivity index (χ1v) is 8.13. The molecule has 0 unspecified atom stereocenters. The lowest BCUT2D eigenvalue weighted by Gasteiger charge is -2.26. The third kappa shape index (κ3) is 8.47. The van der Waals surface area contributed by atoms with Gasteiger partial charge in [0.25, 0.3) is 0 Å². The van der Waals surface area contributed by atoms with Gasteiger partial charge in [-0.25, -0.2) is 4.39 Å². The fourth-order valence-electron chi connectivity index (χ4n) is 2.18. The summed E-state index contributed by atoms with van der Waals surface area (Å²) in [7, 11) is 0. The van der Waals surface area contributed by atoms with Gasteiger partial charge in [0.15, 0.2) is 0 Å². The van der Waals surface area contributed by atoms with Crippen LogP contribution in [0.2, 0.25) is 0 Å². The van der Waals surface area contributed by atoms with Crippen LogP contribution in [0.1, 0.15) is 39.7 Å². The molecule has 0 spiro atoms. The lowest BCUT2D eigenvalue weighted by molar-refractivity contribution is -0.00998. The van der Waals surface area contributed by atoms with Crippen molar-refractivity contribution < 1.29 is 14.2 Å². The van der Waals surface area contributed by atoms with Gasteiger partial charge in [-0.05, 0) is 50.4 Å². The third-order valence-electron chi connectivity index (χ3n) is 3.43. The van der Waals surface area contributed by atoms with Crippen LogP contribution >= 0.6 is 0 Å². The number of rotatable bonds is 10. The molecule has 1 N–H and O–H groups in total. The molecule has 0 aliphatic rings. The minimum Gasteiger partial charge on any atom is -0.389 e. The predicted octanol–water partition coefficient (Wildman–Crippen LogP) is 3.46. The Morgan fingerprint density at radius 2 is 1.77 bits per heavy atom. The Kier molecular flexibility index (Phi) is 8.61. The van der Waals surface area contributed by atoms with Gasteiger partial charge in [0, 0.05) is 13.1 Å². The second-order valence-electron chi connectivity index (χ2n) is 6.58. The summed E-state index contributed by atoms with van der Waals surface area (Å²) in [4.78, 5) is 2.21. The Bertz CT molecular complexity index is 406. The predicted molar refractivity (Wildman–Crippen MR) is 88.2 cm³/mol. The molecule has 3 nitrogen and oxygen atoms in total. The Hall–Kier alpha value is -0.970. The van der Waals surface area contributed by atoms with Gasteiger partial charge in [-0.15, -0.1) is 0 Å². The van der Waals surface area contributed by atoms with E-state index < -0.39 is 6.10 Å². The number of halogens is 1. The summed E-state index contributed by atoms with van der Waals surface area (Å²) in [6.45, 7) is 10.8. The highest BCUT2D eigenvalue weighted by molar-refractivity contribution is 5.15. The van der Waals surface area contributed by atoms with Crippen LogP contribution in [-0.2, 0) is 11.3 Å². The topological polar surface area (TPSA) is 32.7 Å². The lowest BCUT2D eigenvalue weighted by atomic mass is 10.1. The maximum atomic E-state index is 13.0. The molecular formula is C18H30FNO2. The van der Waals surface area contributed by atoms with Gasteiger partial charge in [0.2, 0.25) is 0 Å². The summed E-state index contributed by atoms with van der Waals surface area (Å²) in [5.41, 5.74) is 1.06. The van der Waals surface area contributed by atoms with E-state index >= 15 is 0 Å². The molecule has 22 heavy (non-hydrogen) atoms. The smallest absolute Gasteiger partial charge is 0.123 e. The first-order chi connectivity index (χ1) is 10.4. The standard InChI is InChI=1S/C18H30FNO2/c1-14(2)9-10-20(12-18(21)13-22-15(3)4)11-16-5-7-17(19)8-6-16/h5-8,14-15,18,21H,9-13H2,1-4H3/t18-/m1/s1. The average Bonchev–Trinajstić information content (AvgIpc) is 2.45. The summed E-state index contributed by atoms with van der Waals surface area (Å²) in [6.07, 6.45) is 0.685. The van der Waals surface area contributed by atoms with Gasteiger partial charge in [-0.3, -0.25) is 4.90 Å². The number of hydrogen-bond donors (Lipinski definition) is 1. The number of hydrogen-bond acceptors (Lipinski definition) is 3. The normalized spacial score (nSPS) is 13.3. The van der Waals surface area contributed by atoms with Crippen molar-refractivity contribution in [3.8, 4) is 0 Å². The van der Waals surface area contributed by atoms with Crippen LogP contribution < -0.4 is 0 Å². The fraction of sp³-hybridized carbons (Fsp3) is 0.667. The average molecular weight is 311 g/mol. The molecule has 1 aromatic carbocycles. The van der Waals surface area contributed by atoms with Crippen LogP contribution in [0.3, 0.4) is 0 Å². The molecule has 0 radical (unpaired) electrons. The molecular weight excluding hydrogens is 281 g/mol.